The van der Waals surface area contributed by atoms with Gasteiger partial charge in [-0.15, -0.1) is 0 Å². The molecule has 1 aromatic heterocycles. The zero-order valence-electron chi connectivity index (χ0n) is 10.2. The lowest BCUT2D eigenvalue weighted by Gasteiger charge is -2.17. The number of aliphatic hydroxyl groups excluding tert-OH is 1. The molecule has 0 saturated heterocycles. The predicted octanol–water partition coefficient (Wildman–Crippen LogP) is 1.21. The molecule has 2 amide bonds. The Labute approximate surface area is 101 Å². The van der Waals surface area contributed by atoms with Crippen molar-refractivity contribution >= 4 is 6.03 Å². The number of rotatable bonds is 5. The lowest BCUT2D eigenvalue weighted by Crippen LogP contribution is -2.42. The molecule has 0 fully saturated rings. The van der Waals surface area contributed by atoms with E-state index < -0.39 is 0 Å². The molecule has 0 aliphatic carbocycles. The van der Waals surface area contributed by atoms with Gasteiger partial charge in [-0.3, -0.25) is 4.98 Å². The standard InChI is InChI=1S/C12H19N3O2/c1-9(5-8-16)14-12(17)15-10(2)11-3-6-13-7-4-11/h3-4,6-7,9-10,16H,5,8H2,1-2H3,(H2,14,15,17)/t9-,10?/m1/s1. The fourth-order valence-corrected chi connectivity index (χ4v) is 1.46. The van der Waals surface area contributed by atoms with Gasteiger partial charge in [0, 0.05) is 25.0 Å². The summed E-state index contributed by atoms with van der Waals surface area (Å²) in [5.74, 6) is 0. The van der Waals surface area contributed by atoms with Crippen molar-refractivity contribution in [2.24, 2.45) is 0 Å². The van der Waals surface area contributed by atoms with Gasteiger partial charge in [-0.05, 0) is 38.0 Å². The van der Waals surface area contributed by atoms with Gasteiger partial charge >= 0.3 is 6.03 Å². The number of hydrogen-bond donors (Lipinski definition) is 3. The first kappa shape index (κ1) is 13.4. The number of nitrogens with one attached hydrogen (secondary N) is 2. The normalized spacial score (nSPS) is 13.8. The molecule has 5 nitrogen and oxygen atoms in total. The maximum Gasteiger partial charge on any atom is 0.315 e. The van der Waals surface area contributed by atoms with Gasteiger partial charge in [-0.1, -0.05) is 0 Å². The number of carbonyl (C=O) groups excluding carboxylic acids is 1. The number of carbonyl (C=O) groups is 1. The van der Waals surface area contributed by atoms with Gasteiger partial charge in [-0.25, -0.2) is 4.79 Å². The van der Waals surface area contributed by atoms with E-state index in [1.807, 2.05) is 26.0 Å². The van der Waals surface area contributed by atoms with Crippen LogP contribution in [-0.4, -0.2) is 28.8 Å². The van der Waals surface area contributed by atoms with Crippen LogP contribution in [0.15, 0.2) is 24.5 Å². The molecule has 2 atom stereocenters. The Kier molecular flexibility index (Phi) is 5.42. The highest BCUT2D eigenvalue weighted by Gasteiger charge is 2.10. The first-order chi connectivity index (χ1) is 8.13. The number of aromatic nitrogens is 1. The van der Waals surface area contributed by atoms with Crippen molar-refractivity contribution in [3.8, 4) is 0 Å². The Morgan fingerprint density at radius 1 is 1.35 bits per heavy atom. The molecule has 0 aromatic carbocycles. The van der Waals surface area contributed by atoms with Gasteiger partial charge in [0.2, 0.25) is 0 Å². The maximum absolute atomic E-state index is 11.6. The molecule has 0 bridgehead atoms. The van der Waals surface area contributed by atoms with Gasteiger partial charge in [0.05, 0.1) is 6.04 Å². The van der Waals surface area contributed by atoms with E-state index in [-0.39, 0.29) is 24.7 Å². The number of pyridine rings is 1. The Bertz CT molecular complexity index is 343. The van der Waals surface area contributed by atoms with Crippen LogP contribution in [-0.2, 0) is 0 Å². The molecule has 1 rings (SSSR count). The smallest absolute Gasteiger partial charge is 0.315 e. The van der Waals surface area contributed by atoms with E-state index in [0.717, 1.165) is 5.56 Å². The maximum atomic E-state index is 11.6. The predicted molar refractivity (Wildman–Crippen MR) is 65.5 cm³/mol. The van der Waals surface area contributed by atoms with Crippen LogP contribution in [0.5, 0.6) is 0 Å². The third-order valence-corrected chi connectivity index (χ3v) is 2.49. The van der Waals surface area contributed by atoms with Gasteiger partial charge in [0.1, 0.15) is 0 Å². The van der Waals surface area contributed by atoms with Crippen LogP contribution in [0.3, 0.4) is 0 Å². The Morgan fingerprint density at radius 2 is 2.00 bits per heavy atom. The molecule has 0 radical (unpaired) electrons. The topological polar surface area (TPSA) is 74.2 Å². The number of hydrogen-bond acceptors (Lipinski definition) is 3. The third-order valence-electron chi connectivity index (χ3n) is 2.49. The highest BCUT2D eigenvalue weighted by atomic mass is 16.3. The second kappa shape index (κ2) is 6.85. The molecule has 94 valence electrons. The molecular formula is C12H19N3O2. The molecule has 1 aromatic rings. The minimum atomic E-state index is -0.227. The molecule has 5 heteroatoms. The average Bonchev–Trinajstić information content (AvgIpc) is 2.30. The van der Waals surface area contributed by atoms with Crippen molar-refractivity contribution in [2.45, 2.75) is 32.4 Å². The molecule has 0 spiro atoms. The lowest BCUT2D eigenvalue weighted by atomic mass is 10.1. The zero-order chi connectivity index (χ0) is 12.7. The second-order valence-electron chi connectivity index (χ2n) is 4.03. The Morgan fingerprint density at radius 3 is 2.59 bits per heavy atom. The highest BCUT2D eigenvalue weighted by Crippen LogP contribution is 2.09. The Hall–Kier alpha value is -1.62. The number of amides is 2. The minimum Gasteiger partial charge on any atom is -0.396 e. The summed E-state index contributed by atoms with van der Waals surface area (Å²) in [5, 5.41) is 14.3. The fraction of sp³-hybridized carbons (Fsp3) is 0.500. The van der Waals surface area contributed by atoms with E-state index in [1.54, 1.807) is 12.4 Å². The molecule has 0 aliphatic heterocycles. The van der Waals surface area contributed by atoms with E-state index >= 15 is 0 Å². The monoisotopic (exact) mass is 237 g/mol. The van der Waals surface area contributed by atoms with E-state index in [4.69, 9.17) is 5.11 Å². The summed E-state index contributed by atoms with van der Waals surface area (Å²) in [4.78, 5) is 15.5. The third kappa shape index (κ3) is 4.82. The van der Waals surface area contributed by atoms with Crippen LogP contribution < -0.4 is 10.6 Å². The summed E-state index contributed by atoms with van der Waals surface area (Å²) in [6.45, 7) is 3.83. The minimum absolute atomic E-state index is 0.0374. The van der Waals surface area contributed by atoms with Crippen molar-refractivity contribution in [1.82, 2.24) is 15.6 Å². The van der Waals surface area contributed by atoms with Gasteiger partial charge in [0.15, 0.2) is 0 Å². The second-order valence-corrected chi connectivity index (χ2v) is 4.03. The van der Waals surface area contributed by atoms with Crippen molar-refractivity contribution in [2.75, 3.05) is 6.61 Å². The number of aliphatic hydroxyl groups is 1. The lowest BCUT2D eigenvalue weighted by molar-refractivity contribution is 0.228. The van der Waals surface area contributed by atoms with Crippen molar-refractivity contribution < 1.29 is 9.90 Å². The van der Waals surface area contributed by atoms with Gasteiger partial charge in [0.25, 0.3) is 0 Å². The van der Waals surface area contributed by atoms with Crippen LogP contribution in [0.1, 0.15) is 31.9 Å². The van der Waals surface area contributed by atoms with Gasteiger partial charge < -0.3 is 15.7 Å². The first-order valence-electron chi connectivity index (χ1n) is 5.71. The molecule has 0 aliphatic rings. The summed E-state index contributed by atoms with van der Waals surface area (Å²) in [6, 6.07) is 3.39. The van der Waals surface area contributed by atoms with E-state index in [2.05, 4.69) is 15.6 Å². The highest BCUT2D eigenvalue weighted by molar-refractivity contribution is 5.74. The van der Waals surface area contributed by atoms with Crippen LogP contribution in [0.4, 0.5) is 4.79 Å². The average molecular weight is 237 g/mol. The van der Waals surface area contributed by atoms with Crippen molar-refractivity contribution in [1.29, 1.82) is 0 Å². The summed E-state index contributed by atoms with van der Waals surface area (Å²) in [6.07, 6.45) is 3.94. The quantitative estimate of drug-likeness (QED) is 0.720. The van der Waals surface area contributed by atoms with Crippen molar-refractivity contribution in [3.63, 3.8) is 0 Å². The molecule has 3 N–H and O–H groups in total. The van der Waals surface area contributed by atoms with Crippen LogP contribution >= 0.6 is 0 Å². The van der Waals surface area contributed by atoms with Crippen LogP contribution in [0, 0.1) is 0 Å². The number of nitrogens with zero attached hydrogens (tertiary/aromatic N) is 1. The summed E-state index contributed by atoms with van der Waals surface area (Å²) in [7, 11) is 0. The molecule has 0 saturated carbocycles. The summed E-state index contributed by atoms with van der Waals surface area (Å²) >= 11 is 0. The first-order valence-corrected chi connectivity index (χ1v) is 5.71. The SMILES string of the molecule is CC(NC(=O)N[C@H](C)CCO)c1ccncc1. The summed E-state index contributed by atoms with van der Waals surface area (Å²) < 4.78 is 0. The molecule has 1 unspecified atom stereocenters. The van der Waals surface area contributed by atoms with Crippen LogP contribution in [0.25, 0.3) is 0 Å². The van der Waals surface area contributed by atoms with E-state index in [0.29, 0.717) is 6.42 Å². The fourth-order valence-electron chi connectivity index (χ4n) is 1.46. The van der Waals surface area contributed by atoms with E-state index in [9.17, 15) is 4.79 Å². The van der Waals surface area contributed by atoms with Crippen LogP contribution in [0.2, 0.25) is 0 Å². The molecular weight excluding hydrogens is 218 g/mol. The molecule has 1 heterocycles. The Balaban J connectivity index is 2.41. The molecule has 17 heavy (non-hydrogen) atoms. The zero-order valence-corrected chi connectivity index (χ0v) is 10.2. The largest absolute Gasteiger partial charge is 0.396 e. The number of urea groups is 1. The summed E-state index contributed by atoms with van der Waals surface area (Å²) in [5.41, 5.74) is 1.00. The van der Waals surface area contributed by atoms with E-state index in [1.165, 1.54) is 0 Å². The van der Waals surface area contributed by atoms with Gasteiger partial charge in [-0.2, -0.15) is 0 Å². The van der Waals surface area contributed by atoms with Crippen molar-refractivity contribution in [3.05, 3.63) is 30.1 Å².